The van der Waals surface area contributed by atoms with Gasteiger partial charge in [0.2, 0.25) is 0 Å². The Kier molecular flexibility index (Phi) is 10.5. The summed E-state index contributed by atoms with van der Waals surface area (Å²) in [5.74, 6) is 0. The van der Waals surface area contributed by atoms with E-state index in [0.29, 0.717) is 0 Å². The van der Waals surface area contributed by atoms with E-state index >= 15 is 0 Å². The molecule has 13 heavy (non-hydrogen) atoms. The van der Waals surface area contributed by atoms with E-state index in [2.05, 4.69) is 37.8 Å². The van der Waals surface area contributed by atoms with Crippen LogP contribution in [0, 0.1) is 0 Å². The van der Waals surface area contributed by atoms with Gasteiger partial charge in [0.1, 0.15) is 0 Å². The van der Waals surface area contributed by atoms with Gasteiger partial charge in [-0.05, 0) is 32.1 Å². The number of hydrogen-bond acceptors (Lipinski definition) is 0. The topological polar surface area (TPSA) is 0 Å². The van der Waals surface area contributed by atoms with Crippen molar-refractivity contribution in [1.82, 2.24) is 0 Å². The van der Waals surface area contributed by atoms with Crippen LogP contribution in [0.25, 0.3) is 0 Å². The highest BCUT2D eigenvalue weighted by molar-refractivity contribution is 5.01. The molecule has 0 aliphatic rings. The third kappa shape index (κ3) is 11.2. The molecule has 0 heteroatoms. The van der Waals surface area contributed by atoms with Gasteiger partial charge < -0.3 is 0 Å². The molecule has 0 aromatic rings. The maximum Gasteiger partial charge on any atom is -0.0348 e. The minimum atomic E-state index is 1.13. The summed E-state index contributed by atoms with van der Waals surface area (Å²) in [6.45, 7) is 5.86. The highest BCUT2D eigenvalue weighted by Crippen LogP contribution is 2.03. The molecule has 0 unspecified atom stereocenters. The first-order valence-corrected chi connectivity index (χ1v) is 5.34. The van der Waals surface area contributed by atoms with Crippen molar-refractivity contribution in [3.05, 3.63) is 37.0 Å². The normalized spacial score (nSPS) is 11.5. The maximum atomic E-state index is 3.71. The second kappa shape index (κ2) is 11.2. The fraction of sp³-hybridized carbons (Fsp3) is 0.538. The van der Waals surface area contributed by atoms with Crippen LogP contribution in [0.3, 0.4) is 0 Å². The lowest BCUT2D eigenvalue weighted by molar-refractivity contribution is 0.696. The van der Waals surface area contributed by atoms with Gasteiger partial charge in [-0.25, -0.2) is 0 Å². The van der Waals surface area contributed by atoms with E-state index in [4.69, 9.17) is 0 Å². The van der Waals surface area contributed by atoms with Gasteiger partial charge in [-0.3, -0.25) is 0 Å². The quantitative estimate of drug-likeness (QED) is 0.288. The fourth-order valence-electron chi connectivity index (χ4n) is 1.12. The molecule has 0 bridgehead atoms. The lowest BCUT2D eigenvalue weighted by Crippen LogP contribution is -1.73. The van der Waals surface area contributed by atoms with Gasteiger partial charge in [0, 0.05) is 0 Å². The second-order valence-corrected chi connectivity index (χ2v) is 3.19. The zero-order chi connectivity index (χ0) is 9.78. The molecule has 0 fully saturated rings. The van der Waals surface area contributed by atoms with Gasteiger partial charge in [-0.1, -0.05) is 43.7 Å². The van der Waals surface area contributed by atoms with Crippen molar-refractivity contribution in [3.8, 4) is 0 Å². The fourth-order valence-corrected chi connectivity index (χ4v) is 1.12. The predicted molar refractivity (Wildman–Crippen MR) is 61.9 cm³/mol. The van der Waals surface area contributed by atoms with Crippen LogP contribution in [0.15, 0.2) is 37.0 Å². The van der Waals surface area contributed by atoms with Crippen LogP contribution in [-0.4, -0.2) is 0 Å². The lowest BCUT2D eigenvalue weighted by Gasteiger charge is -1.93. The van der Waals surface area contributed by atoms with Crippen molar-refractivity contribution in [1.29, 1.82) is 0 Å². The summed E-state index contributed by atoms with van der Waals surface area (Å²) < 4.78 is 0. The van der Waals surface area contributed by atoms with Gasteiger partial charge in [0.25, 0.3) is 0 Å². The zero-order valence-electron chi connectivity index (χ0n) is 8.84. The standard InChI is InChI=1S/C13H22/c1-3-5-7-9-11-13-12-10-8-6-4-2/h3,6,8,10,12H,1,4-5,7,9,11,13H2,2H3. The number of rotatable bonds is 8. The maximum absolute atomic E-state index is 3.71. The smallest absolute Gasteiger partial charge is 0.0348 e. The van der Waals surface area contributed by atoms with Crippen molar-refractivity contribution < 1.29 is 0 Å². The third-order valence-electron chi connectivity index (χ3n) is 1.90. The number of allylic oxidation sites excluding steroid dienone is 5. The van der Waals surface area contributed by atoms with Crippen LogP contribution in [-0.2, 0) is 0 Å². The Morgan fingerprint density at radius 1 is 0.923 bits per heavy atom. The summed E-state index contributed by atoms with van der Waals surface area (Å²) in [6.07, 6.45) is 18.1. The first-order valence-electron chi connectivity index (χ1n) is 5.34. The minimum absolute atomic E-state index is 1.13. The van der Waals surface area contributed by atoms with E-state index in [0.717, 1.165) is 6.42 Å². The molecule has 74 valence electrons. The largest absolute Gasteiger partial charge is 0.103 e. The highest BCUT2D eigenvalue weighted by atomic mass is 13.9. The van der Waals surface area contributed by atoms with Gasteiger partial charge in [-0.15, -0.1) is 6.58 Å². The summed E-state index contributed by atoms with van der Waals surface area (Å²) in [5, 5.41) is 0. The summed E-state index contributed by atoms with van der Waals surface area (Å²) in [7, 11) is 0. The van der Waals surface area contributed by atoms with Crippen molar-refractivity contribution in [2.45, 2.75) is 45.4 Å². The Hall–Kier alpha value is -0.780. The Morgan fingerprint density at radius 3 is 2.31 bits per heavy atom. The third-order valence-corrected chi connectivity index (χ3v) is 1.90. The van der Waals surface area contributed by atoms with Crippen LogP contribution in [0.2, 0.25) is 0 Å². The Morgan fingerprint density at radius 2 is 1.62 bits per heavy atom. The molecule has 0 radical (unpaired) electrons. The molecule has 0 heterocycles. The molecule has 0 N–H and O–H groups in total. The molecule has 0 atom stereocenters. The monoisotopic (exact) mass is 178 g/mol. The first kappa shape index (κ1) is 12.2. The van der Waals surface area contributed by atoms with Crippen molar-refractivity contribution in [2.24, 2.45) is 0 Å². The summed E-state index contributed by atoms with van der Waals surface area (Å²) >= 11 is 0. The summed E-state index contributed by atoms with van der Waals surface area (Å²) in [4.78, 5) is 0. The van der Waals surface area contributed by atoms with E-state index in [1.807, 2.05) is 6.08 Å². The van der Waals surface area contributed by atoms with E-state index in [9.17, 15) is 0 Å². The lowest BCUT2D eigenvalue weighted by atomic mass is 10.1. The molecular weight excluding hydrogens is 156 g/mol. The Balaban J connectivity index is 3.10. The molecule has 0 saturated heterocycles. The van der Waals surface area contributed by atoms with Gasteiger partial charge in [0.15, 0.2) is 0 Å². The second-order valence-electron chi connectivity index (χ2n) is 3.19. The molecule has 0 aromatic heterocycles. The van der Waals surface area contributed by atoms with Crippen LogP contribution >= 0.6 is 0 Å². The average Bonchev–Trinajstić information content (AvgIpc) is 2.16. The van der Waals surface area contributed by atoms with Gasteiger partial charge in [-0.2, -0.15) is 0 Å². The molecule has 0 saturated carbocycles. The van der Waals surface area contributed by atoms with Gasteiger partial charge in [0.05, 0.1) is 0 Å². The van der Waals surface area contributed by atoms with Gasteiger partial charge >= 0.3 is 0 Å². The molecule has 0 amide bonds. The van der Waals surface area contributed by atoms with Crippen molar-refractivity contribution in [2.75, 3.05) is 0 Å². The molecule has 0 aliphatic carbocycles. The zero-order valence-corrected chi connectivity index (χ0v) is 8.84. The molecule has 0 aliphatic heterocycles. The number of hydrogen-bond donors (Lipinski definition) is 0. The van der Waals surface area contributed by atoms with Crippen LogP contribution in [0.5, 0.6) is 0 Å². The molecule has 0 spiro atoms. The summed E-state index contributed by atoms with van der Waals surface area (Å²) in [6, 6.07) is 0. The first-order chi connectivity index (χ1) is 6.41. The molecule has 0 aromatic carbocycles. The molecular formula is C13H22. The van der Waals surface area contributed by atoms with E-state index in [-0.39, 0.29) is 0 Å². The molecule has 0 nitrogen and oxygen atoms in total. The van der Waals surface area contributed by atoms with Crippen molar-refractivity contribution >= 4 is 0 Å². The van der Waals surface area contributed by atoms with Crippen LogP contribution in [0.4, 0.5) is 0 Å². The highest BCUT2D eigenvalue weighted by Gasteiger charge is 1.83. The Bertz CT molecular complexity index is 151. The van der Waals surface area contributed by atoms with Crippen LogP contribution in [0.1, 0.15) is 45.4 Å². The predicted octanol–water partition coefficient (Wildman–Crippen LogP) is 4.65. The molecule has 0 rings (SSSR count). The SMILES string of the molecule is C=CCCCCCC=CC=CCC. The minimum Gasteiger partial charge on any atom is -0.103 e. The van der Waals surface area contributed by atoms with Crippen LogP contribution < -0.4 is 0 Å². The Labute approximate surface area is 83.0 Å². The van der Waals surface area contributed by atoms with E-state index < -0.39 is 0 Å². The van der Waals surface area contributed by atoms with E-state index in [1.54, 1.807) is 0 Å². The van der Waals surface area contributed by atoms with Crippen molar-refractivity contribution in [3.63, 3.8) is 0 Å². The average molecular weight is 178 g/mol. The summed E-state index contributed by atoms with van der Waals surface area (Å²) in [5.41, 5.74) is 0. The van der Waals surface area contributed by atoms with E-state index in [1.165, 1.54) is 32.1 Å². The number of unbranched alkanes of at least 4 members (excludes halogenated alkanes) is 4.